The van der Waals surface area contributed by atoms with Crippen molar-refractivity contribution in [3.8, 4) is 5.75 Å². The van der Waals surface area contributed by atoms with Crippen LogP contribution in [-0.4, -0.2) is 35.2 Å². The Bertz CT molecular complexity index is 1540. The van der Waals surface area contributed by atoms with Gasteiger partial charge in [0.05, 0.1) is 34.8 Å². The fourth-order valence-corrected chi connectivity index (χ4v) is 6.96. The summed E-state index contributed by atoms with van der Waals surface area (Å²) in [5.74, 6) is -4.48. The van der Waals surface area contributed by atoms with E-state index in [1.807, 2.05) is 6.92 Å². The molecule has 2 aromatic carbocycles. The molecule has 2 saturated heterocycles. The van der Waals surface area contributed by atoms with Crippen molar-refractivity contribution < 1.29 is 50.7 Å². The Morgan fingerprint density at radius 3 is 2.30 bits per heavy atom. The number of phenolic OH excluding ortho intramolecular Hbond substituents is 1. The number of phenols is 1. The molecular formula is C30H27BBrF6NO5. The van der Waals surface area contributed by atoms with Crippen LogP contribution in [0.4, 0.5) is 32.0 Å². The highest BCUT2D eigenvalue weighted by atomic mass is 79.9. The number of carbonyl (C=O) groups is 2. The summed E-state index contributed by atoms with van der Waals surface area (Å²) < 4.78 is 87.9. The maximum absolute atomic E-state index is 13.7. The van der Waals surface area contributed by atoms with Gasteiger partial charge in [0.1, 0.15) is 5.75 Å². The van der Waals surface area contributed by atoms with Crippen LogP contribution in [0, 0.1) is 17.8 Å². The largest absolute Gasteiger partial charge is 0.507 e. The molecule has 4 atom stereocenters. The minimum atomic E-state index is -5.15. The van der Waals surface area contributed by atoms with Crippen molar-refractivity contribution in [2.45, 2.75) is 57.9 Å². The van der Waals surface area contributed by atoms with Crippen LogP contribution in [0.5, 0.6) is 5.75 Å². The zero-order valence-electron chi connectivity index (χ0n) is 23.5. The Morgan fingerprint density at radius 2 is 1.68 bits per heavy atom. The second-order valence-corrected chi connectivity index (χ2v) is 12.4. The third-order valence-corrected chi connectivity index (χ3v) is 8.97. The summed E-state index contributed by atoms with van der Waals surface area (Å²) in [4.78, 5) is 27.7. The lowest BCUT2D eigenvalue weighted by molar-refractivity contribution is -0.143. The van der Waals surface area contributed by atoms with Crippen LogP contribution in [0.2, 0.25) is 6.32 Å². The number of halogens is 7. The Morgan fingerprint density at radius 1 is 1.05 bits per heavy atom. The van der Waals surface area contributed by atoms with Crippen LogP contribution in [-0.2, 0) is 26.6 Å². The molecule has 0 aromatic heterocycles. The number of carbonyl (C=O) groups excluding carboxylic acids is 2. The third-order valence-electron chi connectivity index (χ3n) is 8.48. The highest BCUT2D eigenvalue weighted by molar-refractivity contribution is 9.10. The summed E-state index contributed by atoms with van der Waals surface area (Å²) in [6.45, 7) is 3.61. The lowest BCUT2D eigenvalue weighted by Gasteiger charge is -2.42. The van der Waals surface area contributed by atoms with Crippen molar-refractivity contribution in [2.24, 2.45) is 17.8 Å². The van der Waals surface area contributed by atoms with Gasteiger partial charge in [-0.25, -0.2) is 4.90 Å². The van der Waals surface area contributed by atoms with Gasteiger partial charge in [0, 0.05) is 10.0 Å². The Balaban J connectivity index is 1.44. The van der Waals surface area contributed by atoms with Gasteiger partial charge in [-0.3, -0.25) is 9.59 Å². The topological polar surface area (TPSA) is 87.1 Å². The number of amides is 2. The zero-order valence-corrected chi connectivity index (χ0v) is 25.1. The summed E-state index contributed by atoms with van der Waals surface area (Å²) in [7, 11) is -1.30. The molecule has 2 aromatic rings. The van der Waals surface area contributed by atoms with E-state index >= 15 is 0 Å². The van der Waals surface area contributed by atoms with Crippen LogP contribution in [0.25, 0.3) is 6.08 Å². The fraction of sp³-hybridized carbons (Fsp3) is 0.400. The number of aromatic hydroxyl groups is 1. The van der Waals surface area contributed by atoms with E-state index in [0.29, 0.717) is 41.0 Å². The van der Waals surface area contributed by atoms with Gasteiger partial charge in [0.15, 0.2) is 0 Å². The molecule has 3 aliphatic rings. The fourth-order valence-electron chi connectivity index (χ4n) is 6.58. The Hall–Kier alpha value is -3.10. The van der Waals surface area contributed by atoms with Crippen molar-refractivity contribution in [3.05, 3.63) is 74.3 Å². The van der Waals surface area contributed by atoms with Gasteiger partial charge >= 0.3 is 19.5 Å². The molecule has 0 saturated carbocycles. The standard InChI is InChI=1S/C30H27BBrF6NO5/c1-14(7-16-9-19(32)4-5-23(16)40)3-6-24-25-15(2)8-21-26(22(25)13-31(43)44-24)28(42)39(27(21)41)20-11-17(29(33,34)35)10-18(12-20)30(36,37)38/h4-5,7,9-12,21-22,24,26,40,43H,3,6,8,13H2,1-2H3/b14-7+/t21-,22+,24-,26-/m1/s1. The van der Waals surface area contributed by atoms with Crippen molar-refractivity contribution in [3.63, 3.8) is 0 Å². The van der Waals surface area contributed by atoms with E-state index in [1.54, 1.807) is 31.2 Å². The first-order valence-electron chi connectivity index (χ1n) is 13.8. The molecule has 2 heterocycles. The molecule has 2 aliphatic heterocycles. The summed E-state index contributed by atoms with van der Waals surface area (Å²) in [6, 6.07) is 5.70. The molecule has 14 heteroatoms. The lowest BCUT2D eigenvalue weighted by atomic mass is 9.59. The molecule has 2 amide bonds. The average molecular weight is 686 g/mol. The zero-order chi connectivity index (χ0) is 32.3. The molecule has 2 N–H and O–H groups in total. The highest BCUT2D eigenvalue weighted by Crippen LogP contribution is 2.52. The number of rotatable bonds is 5. The Labute approximate surface area is 257 Å². The SMILES string of the molecule is CC1=C2[C@@H](CC/C(C)=C/c3cc(Br)ccc3O)OB(O)C[C@@H]2[C@@H]2C(=O)N(c3cc(C(F)(F)F)cc(C(F)(F)F)c3)C(=O)[C@@H]2C1. The molecule has 2 fully saturated rings. The number of alkyl halides is 6. The number of hydrogen-bond donors (Lipinski definition) is 2. The molecular weight excluding hydrogens is 659 g/mol. The molecule has 234 valence electrons. The predicted molar refractivity (Wildman–Crippen MR) is 153 cm³/mol. The molecule has 44 heavy (non-hydrogen) atoms. The smallest absolute Gasteiger partial charge is 0.455 e. The van der Waals surface area contributed by atoms with Crippen LogP contribution < -0.4 is 4.90 Å². The molecule has 0 bridgehead atoms. The summed E-state index contributed by atoms with van der Waals surface area (Å²) in [5, 5.41) is 20.8. The number of hydrogen-bond acceptors (Lipinski definition) is 5. The number of anilines is 1. The van der Waals surface area contributed by atoms with E-state index in [0.717, 1.165) is 15.6 Å². The predicted octanol–water partition coefficient (Wildman–Crippen LogP) is 7.40. The van der Waals surface area contributed by atoms with Crippen LogP contribution in [0.3, 0.4) is 0 Å². The maximum atomic E-state index is 13.7. The second-order valence-electron chi connectivity index (χ2n) is 11.5. The van der Waals surface area contributed by atoms with Gasteiger partial charge in [-0.15, -0.1) is 0 Å². The van der Waals surface area contributed by atoms with Gasteiger partial charge in [-0.05, 0) is 87.3 Å². The van der Waals surface area contributed by atoms with Crippen LogP contribution in [0.15, 0.2) is 57.6 Å². The first kappa shape index (κ1) is 32.3. The number of imide groups is 1. The number of benzene rings is 2. The molecule has 6 nitrogen and oxygen atoms in total. The van der Waals surface area contributed by atoms with E-state index in [9.17, 15) is 46.1 Å². The number of allylic oxidation sites excluding steroid dienone is 2. The lowest BCUT2D eigenvalue weighted by Crippen LogP contribution is -2.46. The molecule has 0 radical (unpaired) electrons. The molecule has 1 aliphatic carbocycles. The average Bonchev–Trinajstić information content (AvgIpc) is 3.17. The van der Waals surface area contributed by atoms with Gasteiger partial charge in [-0.1, -0.05) is 33.2 Å². The van der Waals surface area contributed by atoms with E-state index in [2.05, 4.69) is 15.9 Å². The van der Waals surface area contributed by atoms with Crippen LogP contribution >= 0.6 is 15.9 Å². The van der Waals surface area contributed by atoms with Gasteiger partial charge < -0.3 is 14.8 Å². The summed E-state index contributed by atoms with van der Waals surface area (Å²) >= 11 is 3.36. The van der Waals surface area contributed by atoms with E-state index in [1.165, 1.54) is 0 Å². The van der Waals surface area contributed by atoms with E-state index in [-0.39, 0.29) is 24.6 Å². The minimum absolute atomic E-state index is 0.0563. The second kappa shape index (κ2) is 11.7. The first-order chi connectivity index (χ1) is 20.5. The van der Waals surface area contributed by atoms with Gasteiger partial charge in [0.2, 0.25) is 11.8 Å². The Kier molecular flexibility index (Phi) is 8.58. The van der Waals surface area contributed by atoms with Crippen LogP contribution in [0.1, 0.15) is 49.8 Å². The van der Waals surface area contributed by atoms with E-state index < -0.39 is 72.0 Å². The van der Waals surface area contributed by atoms with Gasteiger partial charge in [-0.2, -0.15) is 26.3 Å². The van der Waals surface area contributed by atoms with Gasteiger partial charge in [0.25, 0.3) is 0 Å². The monoisotopic (exact) mass is 685 g/mol. The molecule has 5 rings (SSSR count). The quantitative estimate of drug-likeness (QED) is 0.148. The molecule has 0 unspecified atom stereocenters. The van der Waals surface area contributed by atoms with Crippen molar-refractivity contribution in [1.29, 1.82) is 0 Å². The van der Waals surface area contributed by atoms with Crippen molar-refractivity contribution >= 4 is 46.6 Å². The third kappa shape index (κ3) is 6.21. The summed E-state index contributed by atoms with van der Waals surface area (Å²) in [5.41, 5.74) is -1.15. The number of fused-ring (bicyclic) bond motifs is 3. The van der Waals surface area contributed by atoms with Crippen molar-refractivity contribution in [2.75, 3.05) is 4.90 Å². The normalized spacial score (nSPS) is 24.6. The molecule has 0 spiro atoms. The van der Waals surface area contributed by atoms with Crippen molar-refractivity contribution in [1.82, 2.24) is 0 Å². The number of nitrogens with zero attached hydrogens (tertiary/aromatic N) is 1. The highest BCUT2D eigenvalue weighted by Gasteiger charge is 2.57. The summed E-state index contributed by atoms with van der Waals surface area (Å²) in [6.07, 6.45) is -8.29. The maximum Gasteiger partial charge on any atom is 0.455 e. The first-order valence-corrected chi connectivity index (χ1v) is 14.6. The minimum Gasteiger partial charge on any atom is -0.507 e. The van der Waals surface area contributed by atoms with E-state index in [4.69, 9.17) is 4.65 Å².